The van der Waals surface area contributed by atoms with Crippen LogP contribution in [0.1, 0.15) is 62.1 Å². The van der Waals surface area contributed by atoms with Crippen LogP contribution < -0.4 is 9.64 Å². The van der Waals surface area contributed by atoms with E-state index in [0.29, 0.717) is 29.7 Å². The van der Waals surface area contributed by atoms with Crippen LogP contribution in [-0.4, -0.2) is 53.6 Å². The van der Waals surface area contributed by atoms with Crippen molar-refractivity contribution in [3.63, 3.8) is 0 Å². The van der Waals surface area contributed by atoms with Crippen LogP contribution >= 0.6 is 0 Å². The molecule has 1 amide bonds. The largest absolute Gasteiger partial charge is 0.492 e. The molecule has 2 aromatic rings. The van der Waals surface area contributed by atoms with Gasteiger partial charge in [-0.2, -0.15) is 5.26 Å². The van der Waals surface area contributed by atoms with Gasteiger partial charge in [0.1, 0.15) is 11.8 Å². The van der Waals surface area contributed by atoms with E-state index < -0.39 is 0 Å². The molecular weight excluding hydrogens is 450 g/mol. The van der Waals surface area contributed by atoms with E-state index in [2.05, 4.69) is 40.0 Å². The average Bonchev–Trinajstić information content (AvgIpc) is 2.91. The van der Waals surface area contributed by atoms with Crippen LogP contribution in [0, 0.1) is 23.2 Å². The number of hydrogen-bond donors (Lipinski definition) is 0. The second-order valence-corrected chi connectivity index (χ2v) is 10.2. The molecule has 0 N–H and O–H groups in total. The second kappa shape index (κ2) is 11.1. The molecule has 2 fully saturated rings. The van der Waals surface area contributed by atoms with Gasteiger partial charge < -0.3 is 14.5 Å². The summed E-state index contributed by atoms with van der Waals surface area (Å²) >= 11 is 0. The molecule has 0 bridgehead atoms. The van der Waals surface area contributed by atoms with Crippen molar-refractivity contribution in [2.75, 3.05) is 37.7 Å². The minimum absolute atomic E-state index is 0.112. The summed E-state index contributed by atoms with van der Waals surface area (Å²) in [5.41, 5.74) is 4.03. The number of nitriles is 1. The Morgan fingerprint density at radius 3 is 2.53 bits per heavy atom. The summed E-state index contributed by atoms with van der Waals surface area (Å²) in [7, 11) is 0. The number of nitrogens with zero attached hydrogens (tertiary/aromatic N) is 5. The zero-order valence-corrected chi connectivity index (χ0v) is 21.2. The highest BCUT2D eigenvalue weighted by molar-refractivity contribution is 5.81. The maximum atomic E-state index is 12.5. The quantitative estimate of drug-likeness (QED) is 0.569. The molecule has 7 nitrogen and oxygen atoms in total. The molecular formula is C29H35N5O2. The molecule has 1 aromatic carbocycles. The number of piperidine rings is 1. The highest BCUT2D eigenvalue weighted by Gasteiger charge is 2.29. The van der Waals surface area contributed by atoms with Gasteiger partial charge in [-0.25, -0.2) is 9.97 Å². The van der Waals surface area contributed by atoms with Crippen molar-refractivity contribution in [3.05, 3.63) is 53.4 Å². The van der Waals surface area contributed by atoms with Gasteiger partial charge in [0.15, 0.2) is 0 Å². The van der Waals surface area contributed by atoms with Crippen molar-refractivity contribution < 1.29 is 9.53 Å². The standard InChI is InChI=1S/C29H35N5O2/c1-2-21-18-31-29(32-19-21)34-14-10-22(11-15-34)20-36-27-9-8-25(16-26(27)17-30)23-4-6-24(7-5-23)28(35)33-12-3-13-33/h4,8-9,16,18-19,22,24H,2-3,5-7,10-15,20H2,1H3. The molecule has 1 atom stereocenters. The van der Waals surface area contributed by atoms with Gasteiger partial charge in [-0.05, 0) is 79.7 Å². The lowest BCUT2D eigenvalue weighted by atomic mass is 9.85. The van der Waals surface area contributed by atoms with Crippen molar-refractivity contribution in [3.8, 4) is 11.8 Å². The van der Waals surface area contributed by atoms with Gasteiger partial charge in [0, 0.05) is 44.5 Å². The summed E-state index contributed by atoms with van der Waals surface area (Å²) in [6.07, 6.45) is 12.7. The maximum absolute atomic E-state index is 12.5. The molecule has 0 spiro atoms. The zero-order chi connectivity index (χ0) is 24.9. The van der Waals surface area contributed by atoms with Crippen LogP contribution in [0.25, 0.3) is 5.57 Å². The first kappa shape index (κ1) is 24.3. The van der Waals surface area contributed by atoms with Crippen LogP contribution in [0.2, 0.25) is 0 Å². The van der Waals surface area contributed by atoms with Crippen LogP contribution in [-0.2, 0) is 11.2 Å². The number of carbonyl (C=O) groups excluding carboxylic acids is 1. The summed E-state index contributed by atoms with van der Waals surface area (Å²) in [6.45, 7) is 6.38. The highest BCUT2D eigenvalue weighted by Crippen LogP contribution is 2.34. The molecule has 1 aliphatic carbocycles. The maximum Gasteiger partial charge on any atom is 0.226 e. The number of anilines is 1. The number of rotatable bonds is 7. The van der Waals surface area contributed by atoms with E-state index >= 15 is 0 Å². The van der Waals surface area contributed by atoms with Crippen molar-refractivity contribution in [2.24, 2.45) is 11.8 Å². The third-order valence-corrected chi connectivity index (χ3v) is 7.87. The number of aromatic nitrogens is 2. The van der Waals surface area contributed by atoms with Crippen LogP contribution in [0.5, 0.6) is 5.75 Å². The molecule has 5 rings (SSSR count). The number of hydrogen-bond acceptors (Lipinski definition) is 6. The van der Waals surface area contributed by atoms with Crippen molar-refractivity contribution in [2.45, 2.75) is 51.9 Å². The molecule has 188 valence electrons. The lowest BCUT2D eigenvalue weighted by molar-refractivity contribution is -0.139. The molecule has 7 heteroatoms. The van der Waals surface area contributed by atoms with E-state index in [0.717, 1.165) is 88.2 Å². The fourth-order valence-corrected chi connectivity index (χ4v) is 5.26. The number of allylic oxidation sites excluding steroid dienone is 2. The Balaban J connectivity index is 1.13. The zero-order valence-electron chi connectivity index (χ0n) is 21.2. The summed E-state index contributed by atoms with van der Waals surface area (Å²) in [5.74, 6) is 2.34. The molecule has 36 heavy (non-hydrogen) atoms. The Morgan fingerprint density at radius 1 is 1.14 bits per heavy atom. The molecule has 0 saturated carbocycles. The van der Waals surface area contributed by atoms with Crippen LogP contribution in [0.15, 0.2) is 36.7 Å². The molecule has 3 aliphatic rings. The number of carbonyl (C=O) groups is 1. The summed E-state index contributed by atoms with van der Waals surface area (Å²) < 4.78 is 6.13. The number of likely N-dealkylation sites (tertiary alicyclic amines) is 1. The highest BCUT2D eigenvalue weighted by atomic mass is 16.5. The van der Waals surface area contributed by atoms with Gasteiger partial charge in [-0.15, -0.1) is 0 Å². The normalized spacial score (nSPS) is 20.3. The predicted octanol–water partition coefficient (Wildman–Crippen LogP) is 4.62. The van der Waals surface area contributed by atoms with E-state index in [1.165, 1.54) is 5.57 Å². The molecule has 2 saturated heterocycles. The minimum atomic E-state index is 0.112. The van der Waals surface area contributed by atoms with Crippen molar-refractivity contribution in [1.82, 2.24) is 14.9 Å². The van der Waals surface area contributed by atoms with Crippen molar-refractivity contribution in [1.29, 1.82) is 5.26 Å². The second-order valence-electron chi connectivity index (χ2n) is 10.2. The Hall–Kier alpha value is -3.40. The van der Waals surface area contributed by atoms with Gasteiger partial charge in [-0.3, -0.25) is 4.79 Å². The van der Waals surface area contributed by atoms with E-state index in [9.17, 15) is 10.1 Å². The average molecular weight is 486 g/mol. The SMILES string of the molecule is CCc1cnc(N2CCC(COc3ccc(C4=CCC(C(=O)N5CCC5)CC4)cc3C#N)CC2)nc1. The lowest BCUT2D eigenvalue weighted by Crippen LogP contribution is -2.45. The van der Waals surface area contributed by atoms with Gasteiger partial charge >= 0.3 is 0 Å². The third-order valence-electron chi connectivity index (χ3n) is 7.87. The Kier molecular flexibility index (Phi) is 7.50. The van der Waals surface area contributed by atoms with Gasteiger partial charge in [-0.1, -0.05) is 19.1 Å². The smallest absolute Gasteiger partial charge is 0.226 e. The molecule has 0 radical (unpaired) electrons. The summed E-state index contributed by atoms with van der Waals surface area (Å²) in [4.78, 5) is 25.8. The first-order valence-electron chi connectivity index (χ1n) is 13.4. The Labute approximate surface area is 213 Å². The molecule has 1 aromatic heterocycles. The Morgan fingerprint density at radius 2 is 1.92 bits per heavy atom. The van der Waals surface area contributed by atoms with E-state index in [4.69, 9.17) is 4.74 Å². The number of benzene rings is 1. The Bertz CT molecular complexity index is 1140. The molecule has 3 heterocycles. The van der Waals surface area contributed by atoms with E-state index in [1.807, 2.05) is 29.4 Å². The third kappa shape index (κ3) is 5.38. The van der Waals surface area contributed by atoms with E-state index in [-0.39, 0.29) is 5.92 Å². The van der Waals surface area contributed by atoms with Gasteiger partial charge in [0.2, 0.25) is 11.9 Å². The van der Waals surface area contributed by atoms with Crippen LogP contribution in [0.4, 0.5) is 5.95 Å². The fourth-order valence-electron chi connectivity index (χ4n) is 5.26. The fraction of sp³-hybridized carbons (Fsp3) is 0.517. The first-order chi connectivity index (χ1) is 17.6. The predicted molar refractivity (Wildman–Crippen MR) is 140 cm³/mol. The van der Waals surface area contributed by atoms with Gasteiger partial charge in [0.25, 0.3) is 0 Å². The number of amides is 1. The summed E-state index contributed by atoms with van der Waals surface area (Å²) in [6, 6.07) is 8.25. The molecule has 1 unspecified atom stereocenters. The minimum Gasteiger partial charge on any atom is -0.492 e. The monoisotopic (exact) mass is 485 g/mol. The van der Waals surface area contributed by atoms with Gasteiger partial charge in [0.05, 0.1) is 12.2 Å². The summed E-state index contributed by atoms with van der Waals surface area (Å²) in [5, 5.41) is 9.77. The first-order valence-corrected chi connectivity index (χ1v) is 13.4. The van der Waals surface area contributed by atoms with E-state index in [1.54, 1.807) is 0 Å². The number of ether oxygens (including phenoxy) is 1. The number of aryl methyl sites for hydroxylation is 1. The van der Waals surface area contributed by atoms with Crippen LogP contribution in [0.3, 0.4) is 0 Å². The topological polar surface area (TPSA) is 82.4 Å². The van der Waals surface area contributed by atoms with Crippen molar-refractivity contribution >= 4 is 17.4 Å². The lowest BCUT2D eigenvalue weighted by Gasteiger charge is -2.35. The molecule has 2 aliphatic heterocycles.